The van der Waals surface area contributed by atoms with Crippen molar-refractivity contribution < 1.29 is 14.7 Å². The van der Waals surface area contributed by atoms with Crippen molar-refractivity contribution in [2.24, 2.45) is 0 Å². The smallest absolute Gasteiger partial charge is 0.323 e. The fourth-order valence-corrected chi connectivity index (χ4v) is 1.72. The first-order valence-corrected chi connectivity index (χ1v) is 5.53. The Morgan fingerprint density at radius 2 is 1.88 bits per heavy atom. The van der Waals surface area contributed by atoms with E-state index in [4.69, 9.17) is 28.3 Å². The van der Waals surface area contributed by atoms with E-state index in [0.29, 0.717) is 0 Å². The average molecular weight is 277 g/mol. The van der Waals surface area contributed by atoms with Crippen LogP contribution in [0.2, 0.25) is 10.3 Å². The number of carbonyl (C=O) groups is 2. The molecule has 5 nitrogen and oxygen atoms in total. The van der Waals surface area contributed by atoms with Crippen LogP contribution >= 0.6 is 23.2 Å². The standard InChI is InChI=1S/C10H10Cl2N2O3/c1-2-14(5-9(15)16)10(17)6-3-7(11)13-8(12)4-6/h3-4H,2,5H2,1H3,(H,15,16). The lowest BCUT2D eigenvalue weighted by Crippen LogP contribution is -2.35. The highest BCUT2D eigenvalue weighted by Crippen LogP contribution is 2.16. The number of amides is 1. The number of halogens is 2. The second kappa shape index (κ2) is 5.84. The van der Waals surface area contributed by atoms with E-state index >= 15 is 0 Å². The summed E-state index contributed by atoms with van der Waals surface area (Å²) in [5, 5.41) is 8.84. The molecule has 0 aromatic carbocycles. The molecule has 0 fully saturated rings. The van der Waals surface area contributed by atoms with Crippen LogP contribution in [0.5, 0.6) is 0 Å². The molecular weight excluding hydrogens is 267 g/mol. The van der Waals surface area contributed by atoms with Crippen LogP contribution in [0, 0.1) is 0 Å². The molecule has 1 rings (SSSR count). The van der Waals surface area contributed by atoms with E-state index in [2.05, 4.69) is 4.98 Å². The minimum Gasteiger partial charge on any atom is -0.480 e. The Bertz CT molecular complexity index is 431. The second-order valence-electron chi connectivity index (χ2n) is 3.21. The molecule has 0 aliphatic heterocycles. The topological polar surface area (TPSA) is 70.5 Å². The number of carbonyl (C=O) groups excluding carboxylic acids is 1. The molecule has 1 amide bonds. The SMILES string of the molecule is CCN(CC(=O)O)C(=O)c1cc(Cl)nc(Cl)c1. The number of rotatable bonds is 4. The highest BCUT2D eigenvalue weighted by Gasteiger charge is 2.18. The van der Waals surface area contributed by atoms with Crippen molar-refractivity contribution >= 4 is 35.1 Å². The first-order valence-electron chi connectivity index (χ1n) is 4.78. The van der Waals surface area contributed by atoms with Crippen molar-refractivity contribution in [1.29, 1.82) is 0 Å². The first-order chi connectivity index (χ1) is 7.93. The molecule has 1 heterocycles. The predicted octanol–water partition coefficient (Wildman–Crippen LogP) is 1.94. The molecule has 17 heavy (non-hydrogen) atoms. The van der Waals surface area contributed by atoms with E-state index in [-0.39, 0.29) is 29.0 Å². The summed E-state index contributed by atoms with van der Waals surface area (Å²) >= 11 is 11.3. The van der Waals surface area contributed by atoms with Gasteiger partial charge in [-0.3, -0.25) is 9.59 Å². The molecule has 0 unspecified atom stereocenters. The van der Waals surface area contributed by atoms with Crippen molar-refractivity contribution in [1.82, 2.24) is 9.88 Å². The molecule has 1 aromatic rings. The van der Waals surface area contributed by atoms with Crippen molar-refractivity contribution in [3.8, 4) is 0 Å². The van der Waals surface area contributed by atoms with E-state index < -0.39 is 11.9 Å². The Labute approximate surface area is 108 Å². The number of pyridine rings is 1. The van der Waals surface area contributed by atoms with Gasteiger partial charge >= 0.3 is 5.97 Å². The molecule has 7 heteroatoms. The summed E-state index contributed by atoms with van der Waals surface area (Å²) in [4.78, 5) is 27.4. The number of carboxylic acids is 1. The molecule has 0 saturated heterocycles. The summed E-state index contributed by atoms with van der Waals surface area (Å²) in [5.41, 5.74) is 0.220. The zero-order valence-electron chi connectivity index (χ0n) is 8.98. The zero-order valence-corrected chi connectivity index (χ0v) is 10.5. The van der Waals surface area contributed by atoms with Crippen molar-refractivity contribution in [3.63, 3.8) is 0 Å². The van der Waals surface area contributed by atoms with Gasteiger partial charge in [0.1, 0.15) is 16.9 Å². The summed E-state index contributed by atoms with van der Waals surface area (Å²) in [6.07, 6.45) is 0. The van der Waals surface area contributed by atoms with Gasteiger partial charge < -0.3 is 10.0 Å². The molecule has 0 spiro atoms. The van der Waals surface area contributed by atoms with Gasteiger partial charge in [0.15, 0.2) is 0 Å². The van der Waals surface area contributed by atoms with Gasteiger partial charge in [0.2, 0.25) is 0 Å². The molecule has 0 saturated carbocycles. The summed E-state index contributed by atoms with van der Waals surface area (Å²) in [5.74, 6) is -1.52. The zero-order chi connectivity index (χ0) is 13.0. The summed E-state index contributed by atoms with van der Waals surface area (Å²) in [7, 11) is 0. The van der Waals surface area contributed by atoms with Crippen LogP contribution in [0.25, 0.3) is 0 Å². The van der Waals surface area contributed by atoms with Crippen LogP contribution in [0.3, 0.4) is 0 Å². The maximum absolute atomic E-state index is 11.9. The third-order valence-corrected chi connectivity index (χ3v) is 2.39. The van der Waals surface area contributed by atoms with Crippen molar-refractivity contribution in [2.75, 3.05) is 13.1 Å². The average Bonchev–Trinajstić information content (AvgIpc) is 2.23. The lowest BCUT2D eigenvalue weighted by molar-refractivity contribution is -0.137. The number of aromatic nitrogens is 1. The maximum Gasteiger partial charge on any atom is 0.323 e. The molecular formula is C10H10Cl2N2O3. The molecule has 0 aliphatic rings. The molecule has 0 radical (unpaired) electrons. The van der Waals surface area contributed by atoms with E-state index in [0.717, 1.165) is 0 Å². The summed E-state index contributed by atoms with van der Waals surface area (Å²) in [6.45, 7) is 1.60. The molecule has 0 atom stereocenters. The van der Waals surface area contributed by atoms with E-state index in [1.165, 1.54) is 17.0 Å². The predicted molar refractivity (Wildman–Crippen MR) is 63.5 cm³/mol. The fourth-order valence-electron chi connectivity index (χ4n) is 1.26. The van der Waals surface area contributed by atoms with Crippen molar-refractivity contribution in [2.45, 2.75) is 6.92 Å². The van der Waals surface area contributed by atoms with Gasteiger partial charge in [-0.1, -0.05) is 23.2 Å². The van der Waals surface area contributed by atoms with Gasteiger partial charge in [0.05, 0.1) is 0 Å². The number of nitrogens with zero attached hydrogens (tertiary/aromatic N) is 2. The second-order valence-corrected chi connectivity index (χ2v) is 3.99. The van der Waals surface area contributed by atoms with E-state index in [9.17, 15) is 9.59 Å². The highest BCUT2D eigenvalue weighted by molar-refractivity contribution is 6.33. The Morgan fingerprint density at radius 1 is 1.35 bits per heavy atom. The largest absolute Gasteiger partial charge is 0.480 e. The third-order valence-electron chi connectivity index (χ3n) is 2.00. The quantitative estimate of drug-likeness (QED) is 0.854. The fraction of sp³-hybridized carbons (Fsp3) is 0.300. The summed E-state index contributed by atoms with van der Waals surface area (Å²) in [6, 6.07) is 2.69. The van der Waals surface area contributed by atoms with Crippen molar-refractivity contribution in [3.05, 3.63) is 28.0 Å². The van der Waals surface area contributed by atoms with E-state index in [1.807, 2.05) is 0 Å². The number of hydrogen-bond acceptors (Lipinski definition) is 3. The first kappa shape index (κ1) is 13.7. The normalized spacial score (nSPS) is 10.1. The Morgan fingerprint density at radius 3 is 2.29 bits per heavy atom. The van der Waals surface area contributed by atoms with Crippen LogP contribution in [-0.2, 0) is 4.79 Å². The number of likely N-dealkylation sites (N-methyl/N-ethyl adjacent to an activating group) is 1. The van der Waals surface area contributed by atoms with Gasteiger partial charge in [-0.15, -0.1) is 0 Å². The number of carboxylic acid groups (broad SMARTS) is 1. The van der Waals surface area contributed by atoms with Gasteiger partial charge in [-0.25, -0.2) is 4.98 Å². The number of aliphatic carboxylic acids is 1. The third kappa shape index (κ3) is 3.87. The minimum atomic E-state index is -1.08. The van der Waals surface area contributed by atoms with Gasteiger partial charge in [-0.05, 0) is 19.1 Å². The van der Waals surface area contributed by atoms with Crippen LogP contribution in [0.1, 0.15) is 17.3 Å². The molecule has 1 N–H and O–H groups in total. The van der Waals surface area contributed by atoms with Crippen LogP contribution < -0.4 is 0 Å². The van der Waals surface area contributed by atoms with Crippen LogP contribution in [0.15, 0.2) is 12.1 Å². The molecule has 92 valence electrons. The van der Waals surface area contributed by atoms with Gasteiger partial charge in [0, 0.05) is 12.1 Å². The van der Waals surface area contributed by atoms with Gasteiger partial charge in [0.25, 0.3) is 5.91 Å². The van der Waals surface area contributed by atoms with Crippen LogP contribution in [-0.4, -0.2) is 40.0 Å². The minimum absolute atomic E-state index is 0.0900. The molecule has 1 aromatic heterocycles. The highest BCUT2D eigenvalue weighted by atomic mass is 35.5. The van der Waals surface area contributed by atoms with Crippen LogP contribution in [0.4, 0.5) is 0 Å². The molecule has 0 aliphatic carbocycles. The lowest BCUT2D eigenvalue weighted by Gasteiger charge is -2.18. The maximum atomic E-state index is 11.9. The molecule has 0 bridgehead atoms. The Balaban J connectivity index is 2.97. The monoisotopic (exact) mass is 276 g/mol. The Kier molecular flexibility index (Phi) is 4.72. The lowest BCUT2D eigenvalue weighted by atomic mass is 10.2. The van der Waals surface area contributed by atoms with E-state index in [1.54, 1.807) is 6.92 Å². The summed E-state index contributed by atoms with van der Waals surface area (Å²) < 4.78 is 0. The van der Waals surface area contributed by atoms with Gasteiger partial charge in [-0.2, -0.15) is 0 Å². The number of hydrogen-bond donors (Lipinski definition) is 1. The Hall–Kier alpha value is -1.33.